The number of nitrogens with two attached hydrogens (primary N) is 1. The van der Waals surface area contributed by atoms with Crippen molar-refractivity contribution in [2.75, 3.05) is 6.66 Å². The Bertz CT molecular complexity index is 78.9. The molecule has 0 bridgehead atoms. The fraction of sp³-hybridized carbons (Fsp3) is 1.00. The first kappa shape index (κ1) is 4.86. The molecule has 0 aliphatic rings. The minimum Gasteiger partial charge on any atom is -0.271 e. The Morgan fingerprint density at radius 1 is 2.00 bits per heavy atom. The lowest BCUT2D eigenvalue weighted by atomic mass is 12.0. The predicted molar refractivity (Wildman–Crippen MR) is 22.2 cm³/mol. The van der Waals surface area contributed by atoms with Crippen LogP contribution in [0.5, 0.6) is 0 Å². The molecular weight excluding hydrogens is 85.0 g/mol. The molecule has 1 atom stereocenters. The van der Waals surface area contributed by atoms with Crippen molar-refractivity contribution < 1.29 is 0 Å². The molecule has 0 aliphatic heterocycles. The number of rotatable bonds is 0. The zero-order valence-electron chi connectivity index (χ0n) is 2.97. The number of hydrogen-bond acceptors (Lipinski definition) is 2. The number of nitrogens with one attached hydrogen (secondary N) is 1. The van der Waals surface area contributed by atoms with Crippen molar-refractivity contribution in [3.8, 4) is 0 Å². The van der Waals surface area contributed by atoms with Crippen LogP contribution in [0.4, 0.5) is 0 Å². The lowest BCUT2D eigenvalue weighted by molar-refractivity contribution is 1.28. The van der Waals surface area contributed by atoms with E-state index in [2.05, 4.69) is 10.7 Å². The van der Waals surface area contributed by atoms with Crippen LogP contribution in [-0.2, 0) is 0 Å². The van der Waals surface area contributed by atoms with E-state index < -0.39 is 7.51 Å². The van der Waals surface area contributed by atoms with Crippen molar-refractivity contribution in [1.82, 2.24) is 0 Å². The van der Waals surface area contributed by atoms with Gasteiger partial charge in [0.25, 0.3) is 0 Å². The van der Waals surface area contributed by atoms with Crippen molar-refractivity contribution >= 4 is 7.51 Å². The average Bonchev–Trinajstić information content (AvgIpc) is 1.38. The maximum atomic E-state index is 6.60. The van der Waals surface area contributed by atoms with Gasteiger partial charge in [-0.3, -0.25) is 5.16 Å². The molecule has 3 N–H and O–H groups in total. The zero-order chi connectivity index (χ0) is 4.28. The van der Waals surface area contributed by atoms with Gasteiger partial charge >= 0.3 is 0 Å². The summed E-state index contributed by atoms with van der Waals surface area (Å²) >= 11 is 0. The second-order valence-corrected chi connectivity index (χ2v) is 1.92. The van der Waals surface area contributed by atoms with Gasteiger partial charge < -0.3 is 0 Å². The fourth-order valence-electron chi connectivity index (χ4n) is 0. The Hall–Kier alpha value is -0.140. The number of hydrogen-bond donors (Lipinski definition) is 2. The molecular formula is CH6N3P. The lowest BCUT2D eigenvalue weighted by Gasteiger charge is -1.61. The molecule has 0 aliphatic carbocycles. The quantitative estimate of drug-likeness (QED) is 0.260. The smallest absolute Gasteiger partial charge is 0.0696 e. The fourth-order valence-corrected chi connectivity index (χ4v) is 0. The summed E-state index contributed by atoms with van der Waals surface area (Å²) in [6.45, 7) is 1.66. The lowest BCUT2D eigenvalue weighted by Crippen LogP contribution is -1.67. The van der Waals surface area contributed by atoms with Crippen LogP contribution in [0, 0.1) is 5.16 Å². The second-order valence-electron chi connectivity index (χ2n) is 0.639. The second kappa shape index (κ2) is 2.12. The normalized spacial score (nSPS) is 12.0. The summed E-state index contributed by atoms with van der Waals surface area (Å²) in [7, 11) is -0.945. The van der Waals surface area contributed by atoms with E-state index in [1.165, 1.54) is 0 Å². The summed E-state index contributed by atoms with van der Waals surface area (Å²) in [5.74, 6) is 4.64. The molecule has 30 valence electrons. The highest BCUT2D eigenvalue weighted by molar-refractivity contribution is 7.33. The molecule has 0 aromatic rings. The summed E-state index contributed by atoms with van der Waals surface area (Å²) in [6.07, 6.45) is 0. The Labute approximate surface area is 31.1 Å². The van der Waals surface area contributed by atoms with E-state index in [0.717, 1.165) is 0 Å². The van der Waals surface area contributed by atoms with E-state index >= 15 is 0 Å². The Balaban J connectivity index is 3.62. The molecule has 0 rings (SSSR count). The third-order valence-electron chi connectivity index (χ3n) is 0.173. The van der Waals surface area contributed by atoms with Crippen molar-refractivity contribution in [3.63, 3.8) is 0 Å². The minimum atomic E-state index is -0.945. The average molecular weight is 91.1 g/mol. The van der Waals surface area contributed by atoms with E-state index in [0.29, 0.717) is 0 Å². The van der Waals surface area contributed by atoms with E-state index in [-0.39, 0.29) is 0 Å². The Kier molecular flexibility index (Phi) is 2.06. The third-order valence-corrected chi connectivity index (χ3v) is 0.520. The SMILES string of the molecule is CP(=N)=NN. The van der Waals surface area contributed by atoms with Crippen LogP contribution >= 0.6 is 7.51 Å². The van der Waals surface area contributed by atoms with Gasteiger partial charge in [-0.2, -0.15) is 4.85 Å². The molecule has 5 heavy (non-hydrogen) atoms. The predicted octanol–water partition coefficient (Wildman–Crippen LogP) is 0.918. The largest absolute Gasteiger partial charge is 0.271 e. The highest BCUT2D eigenvalue weighted by Crippen LogP contribution is 1.95. The van der Waals surface area contributed by atoms with Gasteiger partial charge in [0.15, 0.2) is 0 Å². The maximum Gasteiger partial charge on any atom is 0.0696 e. The highest BCUT2D eigenvalue weighted by Gasteiger charge is 1.49. The van der Waals surface area contributed by atoms with E-state index in [1.54, 1.807) is 6.66 Å². The Morgan fingerprint density at radius 3 is 2.20 bits per heavy atom. The topological polar surface area (TPSA) is 62.2 Å². The first-order chi connectivity index (χ1) is 2.27. The summed E-state index contributed by atoms with van der Waals surface area (Å²) in [5, 5.41) is 6.60. The van der Waals surface area contributed by atoms with E-state index in [9.17, 15) is 0 Å². The molecule has 3 nitrogen and oxygen atoms in total. The first-order valence-corrected chi connectivity index (χ1v) is 2.87. The summed E-state index contributed by atoms with van der Waals surface area (Å²) in [6, 6.07) is 0. The molecule has 0 heterocycles. The van der Waals surface area contributed by atoms with Crippen LogP contribution in [-0.4, -0.2) is 6.66 Å². The van der Waals surface area contributed by atoms with Crippen molar-refractivity contribution in [2.45, 2.75) is 0 Å². The van der Waals surface area contributed by atoms with Crippen LogP contribution in [0.15, 0.2) is 4.85 Å². The van der Waals surface area contributed by atoms with E-state index in [1.807, 2.05) is 0 Å². The minimum absolute atomic E-state index is 0.945. The monoisotopic (exact) mass is 91.0 g/mol. The van der Waals surface area contributed by atoms with Crippen LogP contribution in [0.1, 0.15) is 0 Å². The van der Waals surface area contributed by atoms with Crippen LogP contribution in [0.25, 0.3) is 0 Å². The molecule has 0 fully saturated rings. The van der Waals surface area contributed by atoms with Gasteiger partial charge in [-0.25, -0.2) is 5.84 Å². The van der Waals surface area contributed by atoms with Gasteiger partial charge in [-0.15, -0.1) is 0 Å². The molecule has 0 saturated heterocycles. The molecule has 0 saturated carbocycles. The van der Waals surface area contributed by atoms with Crippen molar-refractivity contribution in [3.05, 3.63) is 0 Å². The summed E-state index contributed by atoms with van der Waals surface area (Å²) < 4.78 is 0. The maximum absolute atomic E-state index is 6.60. The van der Waals surface area contributed by atoms with Gasteiger partial charge in [-0.1, -0.05) is 0 Å². The van der Waals surface area contributed by atoms with Gasteiger partial charge in [-0.05, 0) is 0 Å². The molecule has 0 amide bonds. The van der Waals surface area contributed by atoms with Gasteiger partial charge in [0.05, 0.1) is 7.51 Å². The summed E-state index contributed by atoms with van der Waals surface area (Å²) in [5.41, 5.74) is 0. The standard InChI is InChI=1S/CH6N3P/c1-5(3)4-2/h3H,2H2,1H3. The molecule has 0 radical (unpaired) electrons. The van der Waals surface area contributed by atoms with Crippen LogP contribution in [0.3, 0.4) is 0 Å². The Morgan fingerprint density at radius 2 is 2.20 bits per heavy atom. The molecule has 0 aromatic carbocycles. The molecule has 0 aromatic heterocycles. The van der Waals surface area contributed by atoms with Crippen molar-refractivity contribution in [1.29, 1.82) is 5.16 Å². The van der Waals surface area contributed by atoms with Crippen LogP contribution < -0.4 is 5.84 Å². The molecule has 4 heteroatoms. The molecule has 0 spiro atoms. The number of nitrogens with zero attached hydrogens (tertiary/aromatic N) is 1. The third kappa shape index (κ3) is 3.86. The van der Waals surface area contributed by atoms with E-state index in [4.69, 9.17) is 5.16 Å². The molecule has 1 unspecified atom stereocenters. The van der Waals surface area contributed by atoms with Crippen molar-refractivity contribution in [2.24, 2.45) is 10.7 Å². The van der Waals surface area contributed by atoms with Gasteiger partial charge in [0, 0.05) is 6.66 Å². The van der Waals surface area contributed by atoms with Crippen LogP contribution in [0.2, 0.25) is 0 Å². The van der Waals surface area contributed by atoms with Gasteiger partial charge in [0.2, 0.25) is 0 Å². The summed E-state index contributed by atoms with van der Waals surface area (Å²) in [4.78, 5) is 3.12. The first-order valence-electron chi connectivity index (χ1n) is 1.13. The highest BCUT2D eigenvalue weighted by atomic mass is 31.1. The van der Waals surface area contributed by atoms with Gasteiger partial charge in [0.1, 0.15) is 0 Å². The zero-order valence-corrected chi connectivity index (χ0v) is 3.87.